The van der Waals surface area contributed by atoms with Gasteiger partial charge in [0.1, 0.15) is 5.75 Å². The normalized spacial score (nSPS) is 10.8. The van der Waals surface area contributed by atoms with E-state index in [4.69, 9.17) is 9.47 Å². The maximum Gasteiger partial charge on any atom is 0.344 e. The minimum atomic E-state index is -0.430. The molecule has 0 amide bonds. The standard InChI is InChI=1S/C26H22INO4/c1-3-31-24(29)16-32-21-13-14-23-22(15-21)25(26(30)18-7-5-4-6-8-18)17(2)28(23)20-11-9-19(27)10-12-20/h4-15H,3,16H2,1-2H3. The summed E-state index contributed by atoms with van der Waals surface area (Å²) < 4.78 is 13.8. The van der Waals surface area contributed by atoms with Crippen LogP contribution in [0.1, 0.15) is 28.5 Å². The molecule has 1 heterocycles. The fourth-order valence-electron chi connectivity index (χ4n) is 3.78. The maximum absolute atomic E-state index is 13.5. The third kappa shape index (κ3) is 4.41. The fraction of sp³-hybridized carbons (Fsp3) is 0.154. The minimum Gasteiger partial charge on any atom is -0.482 e. The van der Waals surface area contributed by atoms with Gasteiger partial charge in [0, 0.05) is 25.9 Å². The van der Waals surface area contributed by atoms with Gasteiger partial charge in [-0.15, -0.1) is 0 Å². The highest BCUT2D eigenvalue weighted by molar-refractivity contribution is 14.1. The van der Waals surface area contributed by atoms with E-state index in [0.29, 0.717) is 23.5 Å². The highest BCUT2D eigenvalue weighted by atomic mass is 127. The Hall–Kier alpha value is -3.13. The first-order chi connectivity index (χ1) is 15.5. The second kappa shape index (κ2) is 9.56. The van der Waals surface area contributed by atoms with Crippen LogP contribution in [0.4, 0.5) is 0 Å². The number of rotatable bonds is 7. The van der Waals surface area contributed by atoms with Crippen LogP contribution >= 0.6 is 22.6 Å². The number of ether oxygens (including phenoxy) is 2. The Kier molecular flexibility index (Phi) is 6.60. The maximum atomic E-state index is 13.5. The number of carbonyl (C=O) groups excluding carboxylic acids is 2. The third-order valence-electron chi connectivity index (χ3n) is 5.19. The molecule has 5 nitrogen and oxygen atoms in total. The first-order valence-corrected chi connectivity index (χ1v) is 11.4. The molecule has 0 saturated carbocycles. The van der Waals surface area contributed by atoms with Crippen molar-refractivity contribution in [2.24, 2.45) is 0 Å². The number of carbonyl (C=O) groups is 2. The van der Waals surface area contributed by atoms with Gasteiger partial charge >= 0.3 is 5.97 Å². The van der Waals surface area contributed by atoms with Crippen LogP contribution in [-0.2, 0) is 9.53 Å². The number of fused-ring (bicyclic) bond motifs is 1. The lowest BCUT2D eigenvalue weighted by molar-refractivity contribution is -0.145. The molecule has 0 aliphatic rings. The number of benzene rings is 3. The summed E-state index contributed by atoms with van der Waals surface area (Å²) in [5, 5.41) is 0.774. The molecule has 0 N–H and O–H groups in total. The van der Waals surface area contributed by atoms with Gasteiger partial charge in [0.25, 0.3) is 0 Å². The number of hydrogen-bond acceptors (Lipinski definition) is 4. The van der Waals surface area contributed by atoms with Crippen LogP contribution < -0.4 is 4.74 Å². The molecule has 4 rings (SSSR count). The van der Waals surface area contributed by atoms with Gasteiger partial charge in [-0.3, -0.25) is 4.79 Å². The Labute approximate surface area is 200 Å². The summed E-state index contributed by atoms with van der Waals surface area (Å²) in [5.74, 6) is 0.0214. The Morgan fingerprint density at radius 3 is 2.38 bits per heavy atom. The average Bonchev–Trinajstić information content (AvgIpc) is 3.09. The largest absolute Gasteiger partial charge is 0.482 e. The molecule has 4 aromatic rings. The van der Waals surface area contributed by atoms with E-state index >= 15 is 0 Å². The van der Waals surface area contributed by atoms with Gasteiger partial charge in [-0.2, -0.15) is 0 Å². The second-order valence-corrected chi connectivity index (χ2v) is 8.49. The van der Waals surface area contributed by atoms with E-state index < -0.39 is 5.97 Å². The van der Waals surface area contributed by atoms with E-state index in [9.17, 15) is 9.59 Å². The Balaban J connectivity index is 1.85. The summed E-state index contributed by atoms with van der Waals surface area (Å²) in [7, 11) is 0. The first kappa shape index (κ1) is 22.1. The van der Waals surface area contributed by atoms with Gasteiger partial charge in [0.15, 0.2) is 12.4 Å². The van der Waals surface area contributed by atoms with Crippen LogP contribution in [0.2, 0.25) is 0 Å². The van der Waals surface area contributed by atoms with Crippen molar-refractivity contribution in [2.45, 2.75) is 13.8 Å². The lowest BCUT2D eigenvalue weighted by Gasteiger charge is -2.09. The van der Waals surface area contributed by atoms with Crippen LogP contribution in [0.3, 0.4) is 0 Å². The van der Waals surface area contributed by atoms with E-state index in [1.807, 2.05) is 73.7 Å². The third-order valence-corrected chi connectivity index (χ3v) is 5.90. The lowest BCUT2D eigenvalue weighted by atomic mass is 10.0. The second-order valence-electron chi connectivity index (χ2n) is 7.24. The number of nitrogens with zero attached hydrogens (tertiary/aromatic N) is 1. The van der Waals surface area contributed by atoms with Crippen molar-refractivity contribution in [1.29, 1.82) is 0 Å². The van der Waals surface area contributed by atoms with Crippen molar-refractivity contribution in [1.82, 2.24) is 4.57 Å². The monoisotopic (exact) mass is 539 g/mol. The Morgan fingerprint density at radius 1 is 0.969 bits per heavy atom. The summed E-state index contributed by atoms with van der Waals surface area (Å²) in [6.45, 7) is 3.82. The van der Waals surface area contributed by atoms with E-state index in [1.54, 1.807) is 13.0 Å². The van der Waals surface area contributed by atoms with Crippen LogP contribution in [-0.4, -0.2) is 29.5 Å². The summed E-state index contributed by atoms with van der Waals surface area (Å²) in [5.41, 5.74) is 3.95. The SMILES string of the molecule is CCOC(=O)COc1ccc2c(c1)c(C(=O)c1ccccc1)c(C)n2-c1ccc(I)cc1. The fourth-order valence-corrected chi connectivity index (χ4v) is 4.14. The predicted molar refractivity (Wildman–Crippen MR) is 133 cm³/mol. The van der Waals surface area contributed by atoms with Crippen molar-refractivity contribution in [3.8, 4) is 11.4 Å². The van der Waals surface area contributed by atoms with Gasteiger partial charge in [-0.25, -0.2) is 4.79 Å². The van der Waals surface area contributed by atoms with E-state index in [1.165, 1.54) is 0 Å². The molecule has 0 aliphatic carbocycles. The Bertz CT molecular complexity index is 1280. The molecule has 0 radical (unpaired) electrons. The average molecular weight is 539 g/mol. The highest BCUT2D eigenvalue weighted by Crippen LogP contribution is 2.33. The number of hydrogen-bond donors (Lipinski definition) is 0. The molecule has 3 aromatic carbocycles. The molecule has 0 atom stereocenters. The molecular weight excluding hydrogens is 517 g/mol. The van der Waals surface area contributed by atoms with Crippen molar-refractivity contribution in [3.63, 3.8) is 0 Å². The molecule has 1 aromatic heterocycles. The van der Waals surface area contributed by atoms with Gasteiger partial charge in [0.2, 0.25) is 0 Å². The quantitative estimate of drug-likeness (QED) is 0.171. The van der Waals surface area contributed by atoms with E-state index in [2.05, 4.69) is 27.2 Å². The molecule has 162 valence electrons. The molecule has 0 fully saturated rings. The zero-order chi connectivity index (χ0) is 22.7. The summed E-state index contributed by atoms with van der Waals surface area (Å²) in [6.07, 6.45) is 0. The summed E-state index contributed by atoms with van der Waals surface area (Å²) >= 11 is 2.27. The first-order valence-electron chi connectivity index (χ1n) is 10.3. The lowest BCUT2D eigenvalue weighted by Crippen LogP contribution is -2.14. The van der Waals surface area contributed by atoms with Crippen LogP contribution in [0.5, 0.6) is 5.75 Å². The molecular formula is C26H22INO4. The predicted octanol–water partition coefficient (Wildman–Crippen LogP) is 5.72. The van der Waals surface area contributed by atoms with E-state index in [-0.39, 0.29) is 12.4 Å². The molecule has 6 heteroatoms. The zero-order valence-corrected chi connectivity index (χ0v) is 20.0. The molecule has 32 heavy (non-hydrogen) atoms. The highest BCUT2D eigenvalue weighted by Gasteiger charge is 2.22. The minimum absolute atomic E-state index is 0.0556. The molecule has 0 aliphatic heterocycles. The molecule has 0 spiro atoms. The van der Waals surface area contributed by atoms with Crippen molar-refractivity contribution in [3.05, 3.63) is 93.2 Å². The Morgan fingerprint density at radius 2 is 1.69 bits per heavy atom. The number of esters is 1. The van der Waals surface area contributed by atoms with Crippen LogP contribution in [0.15, 0.2) is 72.8 Å². The number of ketones is 1. The molecule has 0 saturated heterocycles. The van der Waals surface area contributed by atoms with Gasteiger partial charge in [-0.05, 0) is 78.9 Å². The van der Waals surface area contributed by atoms with Gasteiger partial charge < -0.3 is 14.0 Å². The van der Waals surface area contributed by atoms with Crippen molar-refractivity contribution in [2.75, 3.05) is 13.2 Å². The van der Waals surface area contributed by atoms with Crippen molar-refractivity contribution < 1.29 is 19.1 Å². The summed E-state index contributed by atoms with van der Waals surface area (Å²) in [6, 6.07) is 22.9. The molecule has 0 unspecified atom stereocenters. The topological polar surface area (TPSA) is 57.5 Å². The van der Waals surface area contributed by atoms with Gasteiger partial charge in [0.05, 0.1) is 17.7 Å². The van der Waals surface area contributed by atoms with Crippen molar-refractivity contribution >= 4 is 45.2 Å². The molecule has 0 bridgehead atoms. The zero-order valence-electron chi connectivity index (χ0n) is 17.8. The summed E-state index contributed by atoms with van der Waals surface area (Å²) in [4.78, 5) is 25.2. The smallest absolute Gasteiger partial charge is 0.344 e. The van der Waals surface area contributed by atoms with E-state index in [0.717, 1.165) is 25.9 Å². The van der Waals surface area contributed by atoms with Gasteiger partial charge in [-0.1, -0.05) is 30.3 Å². The van der Waals surface area contributed by atoms with Crippen LogP contribution in [0.25, 0.3) is 16.6 Å². The number of halogens is 1. The number of aromatic nitrogens is 1. The van der Waals surface area contributed by atoms with Crippen LogP contribution in [0, 0.1) is 10.5 Å².